The number of anilines is 2. The van der Waals surface area contributed by atoms with E-state index in [-0.39, 0.29) is 5.91 Å². The van der Waals surface area contributed by atoms with Crippen LogP contribution in [0.1, 0.15) is 22.0 Å². The smallest absolute Gasteiger partial charge is 0.325 e. The summed E-state index contributed by atoms with van der Waals surface area (Å²) in [6, 6.07) is 25.6. The van der Waals surface area contributed by atoms with Crippen molar-refractivity contribution in [2.24, 2.45) is 0 Å². The number of aliphatic carboxylic acids is 1. The summed E-state index contributed by atoms with van der Waals surface area (Å²) in [6.07, 6.45) is 0. The largest absolute Gasteiger partial charge is 0.480 e. The first-order valence-corrected chi connectivity index (χ1v) is 10.3. The van der Waals surface area contributed by atoms with Crippen LogP contribution in [-0.4, -0.2) is 48.1 Å². The lowest BCUT2D eigenvalue weighted by Crippen LogP contribution is -2.49. The fraction of sp³-hybridized carbons (Fsp3) is 0.200. The maximum Gasteiger partial charge on any atom is 0.325 e. The third-order valence-electron chi connectivity index (χ3n) is 5.55. The van der Waals surface area contributed by atoms with E-state index < -0.39 is 12.0 Å². The summed E-state index contributed by atoms with van der Waals surface area (Å²) in [6.45, 7) is 2.77. The molecule has 0 radical (unpaired) electrons. The van der Waals surface area contributed by atoms with Crippen LogP contribution in [-0.2, 0) is 4.79 Å². The number of rotatable bonds is 6. The first-order valence-electron chi connectivity index (χ1n) is 10.3. The van der Waals surface area contributed by atoms with E-state index in [0.717, 1.165) is 30.0 Å². The van der Waals surface area contributed by atoms with E-state index in [4.69, 9.17) is 0 Å². The number of carboxylic acid groups (broad SMARTS) is 1. The van der Waals surface area contributed by atoms with Crippen LogP contribution in [0.15, 0.2) is 84.9 Å². The van der Waals surface area contributed by atoms with Crippen molar-refractivity contribution < 1.29 is 14.7 Å². The van der Waals surface area contributed by atoms with Gasteiger partial charge in [-0.05, 0) is 42.0 Å². The van der Waals surface area contributed by atoms with Gasteiger partial charge in [0.15, 0.2) is 0 Å². The molecule has 0 bridgehead atoms. The quantitative estimate of drug-likeness (QED) is 0.639. The minimum absolute atomic E-state index is 0.144. The normalized spacial score (nSPS) is 15.3. The highest BCUT2D eigenvalue weighted by atomic mass is 16.4. The Morgan fingerprint density at radius 3 is 1.94 bits per heavy atom. The van der Waals surface area contributed by atoms with Crippen molar-refractivity contribution >= 4 is 23.3 Å². The lowest BCUT2D eigenvalue weighted by atomic mass is 10.0. The Morgan fingerprint density at radius 2 is 1.35 bits per heavy atom. The molecule has 3 aromatic carbocycles. The van der Waals surface area contributed by atoms with Gasteiger partial charge in [-0.3, -0.25) is 14.5 Å². The summed E-state index contributed by atoms with van der Waals surface area (Å²) >= 11 is 0. The minimum Gasteiger partial charge on any atom is -0.480 e. The molecule has 1 unspecified atom stereocenters. The average Bonchev–Trinajstić information content (AvgIpc) is 2.81. The molecule has 6 heteroatoms. The van der Waals surface area contributed by atoms with Crippen LogP contribution < -0.4 is 10.2 Å². The molecule has 0 aromatic heterocycles. The van der Waals surface area contributed by atoms with Crippen LogP contribution in [0, 0.1) is 0 Å². The first-order chi connectivity index (χ1) is 15.1. The van der Waals surface area contributed by atoms with E-state index in [1.165, 1.54) is 0 Å². The Hall–Kier alpha value is -3.64. The zero-order valence-corrected chi connectivity index (χ0v) is 17.1. The lowest BCUT2D eigenvalue weighted by Gasteiger charge is -2.39. The molecule has 2 N–H and O–H groups in total. The van der Waals surface area contributed by atoms with Gasteiger partial charge in [-0.2, -0.15) is 0 Å². The maximum absolute atomic E-state index is 12.4. The summed E-state index contributed by atoms with van der Waals surface area (Å²) in [5, 5.41) is 12.6. The van der Waals surface area contributed by atoms with Gasteiger partial charge in [-0.25, -0.2) is 0 Å². The molecule has 31 heavy (non-hydrogen) atoms. The van der Waals surface area contributed by atoms with Crippen molar-refractivity contribution in [1.29, 1.82) is 0 Å². The van der Waals surface area contributed by atoms with Crippen LogP contribution in [0.25, 0.3) is 0 Å². The van der Waals surface area contributed by atoms with Crippen molar-refractivity contribution in [2.45, 2.75) is 6.04 Å². The topological polar surface area (TPSA) is 72.9 Å². The molecule has 6 nitrogen and oxygen atoms in total. The Kier molecular flexibility index (Phi) is 6.29. The molecular weight excluding hydrogens is 390 g/mol. The van der Waals surface area contributed by atoms with Crippen molar-refractivity contribution in [3.63, 3.8) is 0 Å². The Morgan fingerprint density at radius 1 is 0.774 bits per heavy atom. The van der Waals surface area contributed by atoms with Gasteiger partial charge in [0.1, 0.15) is 6.04 Å². The van der Waals surface area contributed by atoms with Gasteiger partial charge in [0, 0.05) is 43.1 Å². The third-order valence-corrected chi connectivity index (χ3v) is 5.55. The fourth-order valence-electron chi connectivity index (χ4n) is 3.93. The summed E-state index contributed by atoms with van der Waals surface area (Å²) in [5.74, 6) is -0.969. The second kappa shape index (κ2) is 9.45. The third kappa shape index (κ3) is 4.92. The van der Waals surface area contributed by atoms with Crippen LogP contribution in [0.4, 0.5) is 11.4 Å². The van der Waals surface area contributed by atoms with Gasteiger partial charge in [0.25, 0.3) is 5.91 Å². The van der Waals surface area contributed by atoms with E-state index in [2.05, 4.69) is 10.2 Å². The van der Waals surface area contributed by atoms with Gasteiger partial charge in [-0.1, -0.05) is 48.5 Å². The van der Waals surface area contributed by atoms with Gasteiger partial charge >= 0.3 is 5.97 Å². The predicted octanol–water partition coefficient (Wildman–Crippen LogP) is 3.89. The summed E-state index contributed by atoms with van der Waals surface area (Å²) in [4.78, 5) is 28.6. The molecule has 1 saturated heterocycles. The number of nitrogens with one attached hydrogen (secondary N) is 1. The molecule has 1 heterocycles. The molecule has 0 spiro atoms. The molecule has 1 aliphatic heterocycles. The number of amides is 1. The molecule has 1 aliphatic rings. The number of para-hydroxylation sites is 1. The number of hydrogen-bond donors (Lipinski definition) is 2. The number of carbonyl (C=O) groups is 2. The number of hydrogen-bond acceptors (Lipinski definition) is 4. The zero-order valence-electron chi connectivity index (χ0n) is 17.1. The van der Waals surface area contributed by atoms with Gasteiger partial charge in [-0.15, -0.1) is 0 Å². The Labute approximate surface area is 181 Å². The molecule has 1 atom stereocenters. The van der Waals surface area contributed by atoms with Crippen molar-refractivity contribution in [3.8, 4) is 0 Å². The molecule has 0 aliphatic carbocycles. The Balaban J connectivity index is 1.37. The van der Waals surface area contributed by atoms with Gasteiger partial charge in [0.2, 0.25) is 0 Å². The number of carbonyl (C=O) groups excluding carboxylic acids is 1. The van der Waals surface area contributed by atoms with E-state index in [1.807, 2.05) is 89.8 Å². The summed E-state index contributed by atoms with van der Waals surface area (Å²) in [7, 11) is 0. The molecule has 158 valence electrons. The van der Waals surface area contributed by atoms with Crippen LogP contribution >= 0.6 is 0 Å². The first kappa shape index (κ1) is 20.6. The molecule has 1 amide bonds. The zero-order chi connectivity index (χ0) is 21.6. The highest BCUT2D eigenvalue weighted by molar-refractivity contribution is 6.04. The van der Waals surface area contributed by atoms with Crippen LogP contribution in [0.5, 0.6) is 0 Å². The number of piperazine rings is 1. The van der Waals surface area contributed by atoms with E-state index >= 15 is 0 Å². The van der Waals surface area contributed by atoms with Crippen molar-refractivity contribution in [2.75, 3.05) is 36.4 Å². The molecule has 0 saturated carbocycles. The van der Waals surface area contributed by atoms with Gasteiger partial charge < -0.3 is 15.3 Å². The SMILES string of the molecule is O=C(Nc1ccccc1)c1ccc(N2CCN(C(C(=O)O)c3ccccc3)CC2)cc1. The highest BCUT2D eigenvalue weighted by Crippen LogP contribution is 2.25. The standard InChI is InChI=1S/C25H25N3O3/c29-24(26-21-9-5-2-6-10-21)20-11-13-22(14-12-20)27-15-17-28(18-16-27)23(25(30)31)19-7-3-1-4-8-19/h1-14,23H,15-18H2,(H,26,29)(H,30,31). The van der Waals surface area contributed by atoms with E-state index in [0.29, 0.717) is 18.7 Å². The maximum atomic E-state index is 12.4. The van der Waals surface area contributed by atoms with Crippen LogP contribution in [0.2, 0.25) is 0 Å². The monoisotopic (exact) mass is 415 g/mol. The number of benzene rings is 3. The predicted molar refractivity (Wildman–Crippen MR) is 121 cm³/mol. The number of carboxylic acids is 1. The second-order valence-electron chi connectivity index (χ2n) is 7.54. The van der Waals surface area contributed by atoms with E-state index in [1.54, 1.807) is 0 Å². The average molecular weight is 415 g/mol. The van der Waals surface area contributed by atoms with Crippen molar-refractivity contribution in [3.05, 3.63) is 96.1 Å². The Bertz CT molecular complexity index is 1010. The van der Waals surface area contributed by atoms with Crippen molar-refractivity contribution in [1.82, 2.24) is 4.90 Å². The minimum atomic E-state index is -0.826. The van der Waals surface area contributed by atoms with E-state index in [9.17, 15) is 14.7 Å². The lowest BCUT2D eigenvalue weighted by molar-refractivity contribution is -0.143. The molecule has 3 aromatic rings. The summed E-state index contributed by atoms with van der Waals surface area (Å²) in [5.41, 5.74) is 3.19. The fourth-order valence-corrected chi connectivity index (χ4v) is 3.93. The van der Waals surface area contributed by atoms with Gasteiger partial charge in [0.05, 0.1) is 0 Å². The highest BCUT2D eigenvalue weighted by Gasteiger charge is 2.30. The molecule has 4 rings (SSSR count). The number of nitrogens with zero attached hydrogens (tertiary/aromatic N) is 2. The molecule has 1 fully saturated rings. The van der Waals surface area contributed by atoms with Crippen LogP contribution in [0.3, 0.4) is 0 Å². The molecular formula is C25H25N3O3. The summed E-state index contributed by atoms with van der Waals surface area (Å²) < 4.78 is 0. The second-order valence-corrected chi connectivity index (χ2v) is 7.54.